The molecule has 2 unspecified atom stereocenters. The third-order valence-corrected chi connectivity index (χ3v) is 3.19. The van der Waals surface area contributed by atoms with Crippen molar-refractivity contribution < 1.29 is 0 Å². The van der Waals surface area contributed by atoms with Gasteiger partial charge in [0, 0.05) is 38.1 Å². The van der Waals surface area contributed by atoms with Gasteiger partial charge in [-0.2, -0.15) is 0 Å². The maximum absolute atomic E-state index is 4.14. The quantitative estimate of drug-likeness (QED) is 0.801. The number of hydrogen-bond donors (Lipinski definition) is 1. The van der Waals surface area contributed by atoms with Gasteiger partial charge in [0.2, 0.25) is 0 Å². The normalized spacial score (nSPS) is 27.1. The lowest BCUT2D eigenvalue weighted by molar-refractivity contribution is 0.317. The van der Waals surface area contributed by atoms with Crippen molar-refractivity contribution in [2.45, 2.75) is 19.5 Å². The number of rotatable bonds is 3. The SMILES string of the molecule is CNC1CN(Cc2cccnc2)CC1C. The second-order valence-corrected chi connectivity index (χ2v) is 4.43. The molecule has 2 atom stereocenters. The summed E-state index contributed by atoms with van der Waals surface area (Å²) in [4.78, 5) is 6.63. The van der Waals surface area contributed by atoms with Crippen LogP contribution < -0.4 is 5.32 Å². The van der Waals surface area contributed by atoms with Gasteiger partial charge < -0.3 is 5.32 Å². The summed E-state index contributed by atoms with van der Waals surface area (Å²) in [6.45, 7) is 5.66. The Morgan fingerprint density at radius 1 is 1.53 bits per heavy atom. The van der Waals surface area contributed by atoms with E-state index in [1.54, 1.807) is 0 Å². The van der Waals surface area contributed by atoms with Gasteiger partial charge in [-0.3, -0.25) is 9.88 Å². The van der Waals surface area contributed by atoms with Crippen LogP contribution in [0.1, 0.15) is 12.5 Å². The van der Waals surface area contributed by atoms with E-state index in [1.807, 2.05) is 18.5 Å². The lowest BCUT2D eigenvalue weighted by Crippen LogP contribution is -2.32. The molecule has 1 N–H and O–H groups in total. The monoisotopic (exact) mass is 205 g/mol. The van der Waals surface area contributed by atoms with Gasteiger partial charge in [-0.15, -0.1) is 0 Å². The Bertz CT molecular complexity index is 299. The predicted molar refractivity (Wildman–Crippen MR) is 61.5 cm³/mol. The minimum Gasteiger partial charge on any atom is -0.315 e. The molecule has 2 rings (SSSR count). The molecule has 0 saturated carbocycles. The molecule has 1 aromatic heterocycles. The first-order valence-electron chi connectivity index (χ1n) is 5.58. The fourth-order valence-electron chi connectivity index (χ4n) is 2.32. The fourth-order valence-corrected chi connectivity index (χ4v) is 2.32. The number of pyridine rings is 1. The van der Waals surface area contributed by atoms with Crippen molar-refractivity contribution in [2.75, 3.05) is 20.1 Å². The molecule has 1 aliphatic rings. The molecule has 2 heterocycles. The summed E-state index contributed by atoms with van der Waals surface area (Å²) in [6.07, 6.45) is 3.78. The van der Waals surface area contributed by atoms with Crippen molar-refractivity contribution in [1.82, 2.24) is 15.2 Å². The van der Waals surface area contributed by atoms with Crippen LogP contribution in [0.25, 0.3) is 0 Å². The van der Waals surface area contributed by atoms with Gasteiger partial charge >= 0.3 is 0 Å². The molecule has 1 aromatic rings. The summed E-state index contributed by atoms with van der Waals surface area (Å²) in [5.41, 5.74) is 1.31. The molecular formula is C12H19N3. The molecule has 0 aromatic carbocycles. The maximum Gasteiger partial charge on any atom is 0.0312 e. The maximum atomic E-state index is 4.14. The summed E-state index contributed by atoms with van der Waals surface area (Å²) in [5, 5.41) is 3.37. The van der Waals surface area contributed by atoms with Crippen LogP contribution in [0.4, 0.5) is 0 Å². The van der Waals surface area contributed by atoms with Crippen molar-refractivity contribution in [2.24, 2.45) is 5.92 Å². The second-order valence-electron chi connectivity index (χ2n) is 4.43. The summed E-state index contributed by atoms with van der Waals surface area (Å²) in [5.74, 6) is 0.742. The van der Waals surface area contributed by atoms with Crippen molar-refractivity contribution in [1.29, 1.82) is 0 Å². The van der Waals surface area contributed by atoms with Gasteiger partial charge in [-0.05, 0) is 24.6 Å². The van der Waals surface area contributed by atoms with Crippen LogP contribution >= 0.6 is 0 Å². The Hall–Kier alpha value is -0.930. The Morgan fingerprint density at radius 2 is 2.40 bits per heavy atom. The lowest BCUT2D eigenvalue weighted by atomic mass is 10.1. The van der Waals surface area contributed by atoms with Gasteiger partial charge in [-0.1, -0.05) is 13.0 Å². The summed E-state index contributed by atoms with van der Waals surface area (Å²) >= 11 is 0. The number of likely N-dealkylation sites (tertiary alicyclic amines) is 1. The highest BCUT2D eigenvalue weighted by molar-refractivity contribution is 5.08. The standard InChI is InChI=1S/C12H19N3/c1-10-7-15(9-12(10)13-2)8-11-4-3-5-14-6-11/h3-6,10,12-13H,7-9H2,1-2H3. The van der Waals surface area contributed by atoms with Gasteiger partial charge in [0.25, 0.3) is 0 Å². The van der Waals surface area contributed by atoms with E-state index in [2.05, 4.69) is 35.2 Å². The molecule has 15 heavy (non-hydrogen) atoms. The van der Waals surface area contributed by atoms with Crippen molar-refractivity contribution in [3.63, 3.8) is 0 Å². The Morgan fingerprint density at radius 3 is 3.00 bits per heavy atom. The largest absolute Gasteiger partial charge is 0.315 e. The zero-order valence-electron chi connectivity index (χ0n) is 9.48. The van der Waals surface area contributed by atoms with E-state index in [9.17, 15) is 0 Å². The van der Waals surface area contributed by atoms with E-state index >= 15 is 0 Å². The second kappa shape index (κ2) is 4.73. The number of likely N-dealkylation sites (N-methyl/N-ethyl adjacent to an activating group) is 1. The smallest absolute Gasteiger partial charge is 0.0312 e. The molecule has 0 bridgehead atoms. The number of nitrogens with zero attached hydrogens (tertiary/aromatic N) is 2. The van der Waals surface area contributed by atoms with Crippen LogP contribution in [0.5, 0.6) is 0 Å². The predicted octanol–water partition coefficient (Wildman–Crippen LogP) is 1.12. The molecule has 1 aliphatic heterocycles. The van der Waals surface area contributed by atoms with Gasteiger partial charge in [-0.25, -0.2) is 0 Å². The molecule has 82 valence electrons. The van der Waals surface area contributed by atoms with Crippen LogP contribution in [-0.4, -0.2) is 36.1 Å². The van der Waals surface area contributed by atoms with E-state index in [1.165, 1.54) is 12.1 Å². The highest BCUT2D eigenvalue weighted by Gasteiger charge is 2.27. The topological polar surface area (TPSA) is 28.2 Å². The Labute approximate surface area is 91.5 Å². The summed E-state index contributed by atoms with van der Waals surface area (Å²) in [6, 6.07) is 4.79. The van der Waals surface area contributed by atoms with Crippen LogP contribution in [0.15, 0.2) is 24.5 Å². The Kier molecular flexibility index (Phi) is 3.34. The van der Waals surface area contributed by atoms with E-state index in [0.29, 0.717) is 6.04 Å². The number of hydrogen-bond acceptors (Lipinski definition) is 3. The molecule has 3 nitrogen and oxygen atoms in total. The zero-order chi connectivity index (χ0) is 10.7. The molecule has 0 amide bonds. The number of aromatic nitrogens is 1. The molecule has 0 aliphatic carbocycles. The third-order valence-electron chi connectivity index (χ3n) is 3.19. The lowest BCUT2D eigenvalue weighted by Gasteiger charge is -2.15. The highest BCUT2D eigenvalue weighted by Crippen LogP contribution is 2.18. The van der Waals surface area contributed by atoms with Crippen LogP contribution in [0, 0.1) is 5.92 Å². The molecule has 1 fully saturated rings. The Balaban J connectivity index is 1.92. The van der Waals surface area contributed by atoms with E-state index < -0.39 is 0 Å². The number of nitrogens with one attached hydrogen (secondary N) is 1. The van der Waals surface area contributed by atoms with Crippen LogP contribution in [0.3, 0.4) is 0 Å². The minimum absolute atomic E-state index is 0.640. The van der Waals surface area contributed by atoms with E-state index in [4.69, 9.17) is 0 Å². The van der Waals surface area contributed by atoms with Crippen LogP contribution in [-0.2, 0) is 6.54 Å². The summed E-state index contributed by atoms with van der Waals surface area (Å²) < 4.78 is 0. The first kappa shape index (κ1) is 10.6. The zero-order valence-corrected chi connectivity index (χ0v) is 9.48. The third kappa shape index (κ3) is 2.55. The van der Waals surface area contributed by atoms with Gasteiger partial charge in [0.1, 0.15) is 0 Å². The average Bonchev–Trinajstić information content (AvgIpc) is 2.60. The van der Waals surface area contributed by atoms with Crippen molar-refractivity contribution in [3.05, 3.63) is 30.1 Å². The average molecular weight is 205 g/mol. The molecule has 0 radical (unpaired) electrons. The molecule has 0 spiro atoms. The van der Waals surface area contributed by atoms with Gasteiger partial charge in [0.05, 0.1) is 0 Å². The highest BCUT2D eigenvalue weighted by atomic mass is 15.2. The van der Waals surface area contributed by atoms with Crippen molar-refractivity contribution in [3.8, 4) is 0 Å². The molecule has 1 saturated heterocycles. The van der Waals surface area contributed by atoms with Crippen LogP contribution in [0.2, 0.25) is 0 Å². The first-order chi connectivity index (χ1) is 7.29. The van der Waals surface area contributed by atoms with E-state index in [-0.39, 0.29) is 0 Å². The molecular weight excluding hydrogens is 186 g/mol. The first-order valence-corrected chi connectivity index (χ1v) is 5.58. The summed E-state index contributed by atoms with van der Waals surface area (Å²) in [7, 11) is 2.05. The minimum atomic E-state index is 0.640. The van der Waals surface area contributed by atoms with E-state index in [0.717, 1.165) is 19.0 Å². The molecule has 3 heteroatoms. The van der Waals surface area contributed by atoms with Crippen molar-refractivity contribution >= 4 is 0 Å². The fraction of sp³-hybridized carbons (Fsp3) is 0.583. The van der Waals surface area contributed by atoms with Gasteiger partial charge in [0.15, 0.2) is 0 Å².